The highest BCUT2D eigenvalue weighted by Crippen LogP contribution is 2.42. The Morgan fingerprint density at radius 1 is 1.09 bits per heavy atom. The summed E-state index contributed by atoms with van der Waals surface area (Å²) in [5.41, 5.74) is 2.52. The minimum Gasteiger partial charge on any atom is -0.490 e. The maximum atomic E-state index is 13.4. The molecule has 1 fully saturated rings. The van der Waals surface area contributed by atoms with Crippen LogP contribution in [0.15, 0.2) is 64.8 Å². The Morgan fingerprint density at radius 3 is 2.56 bits per heavy atom. The van der Waals surface area contributed by atoms with Gasteiger partial charge in [0.1, 0.15) is 6.61 Å². The van der Waals surface area contributed by atoms with Crippen molar-refractivity contribution in [3.63, 3.8) is 0 Å². The summed E-state index contributed by atoms with van der Waals surface area (Å²) >= 11 is 1.52. The first-order valence-electron chi connectivity index (χ1n) is 11.4. The number of aliphatic imine (C=N–C) groups is 1. The standard InChI is InChI=1S/C26H28N2O5S/c1-4-31-20-12-11-19(15-21(20)32-5-2)24-23(25(30)33-16-18-9-7-6-8-10-18)17(3)27-26-28(24)22(29)13-14-34-26/h6-12,15,24H,4-5,13-14,16H2,1-3H3. The van der Waals surface area contributed by atoms with E-state index >= 15 is 0 Å². The van der Waals surface area contributed by atoms with Crippen molar-refractivity contribution in [3.8, 4) is 11.5 Å². The van der Waals surface area contributed by atoms with E-state index in [0.29, 0.717) is 53.3 Å². The number of esters is 1. The van der Waals surface area contributed by atoms with Crippen LogP contribution in [0.2, 0.25) is 0 Å². The molecule has 0 aliphatic carbocycles. The van der Waals surface area contributed by atoms with Gasteiger partial charge in [0.25, 0.3) is 0 Å². The Morgan fingerprint density at radius 2 is 1.82 bits per heavy atom. The number of hydrogen-bond donors (Lipinski definition) is 0. The fourth-order valence-electron chi connectivity index (χ4n) is 4.01. The summed E-state index contributed by atoms with van der Waals surface area (Å²) in [4.78, 5) is 32.6. The number of carbonyl (C=O) groups is 2. The summed E-state index contributed by atoms with van der Waals surface area (Å²) in [6.07, 6.45) is 0.376. The largest absolute Gasteiger partial charge is 0.490 e. The van der Waals surface area contributed by atoms with E-state index in [2.05, 4.69) is 4.99 Å². The minimum absolute atomic E-state index is 0.0739. The lowest BCUT2D eigenvalue weighted by molar-refractivity contribution is -0.141. The van der Waals surface area contributed by atoms with Gasteiger partial charge in [-0.05, 0) is 44.0 Å². The summed E-state index contributed by atoms with van der Waals surface area (Å²) < 4.78 is 17.2. The predicted octanol–water partition coefficient (Wildman–Crippen LogP) is 4.88. The molecule has 1 atom stereocenters. The van der Waals surface area contributed by atoms with Gasteiger partial charge in [0.05, 0.1) is 30.5 Å². The molecule has 4 rings (SSSR count). The number of allylic oxidation sites excluding steroid dienone is 1. The molecule has 1 amide bonds. The van der Waals surface area contributed by atoms with Crippen molar-refractivity contribution in [1.82, 2.24) is 4.90 Å². The molecule has 2 aromatic carbocycles. The molecular formula is C26H28N2O5S. The zero-order valence-electron chi connectivity index (χ0n) is 19.6. The highest BCUT2D eigenvalue weighted by Gasteiger charge is 2.42. The summed E-state index contributed by atoms with van der Waals surface area (Å²) in [5, 5.41) is 0.602. The highest BCUT2D eigenvalue weighted by atomic mass is 32.2. The molecule has 2 aromatic rings. The molecule has 1 saturated heterocycles. The third-order valence-corrected chi connectivity index (χ3v) is 6.48. The second-order valence-corrected chi connectivity index (χ2v) is 8.85. The molecule has 0 N–H and O–H groups in total. The predicted molar refractivity (Wildman–Crippen MR) is 132 cm³/mol. The first-order valence-corrected chi connectivity index (χ1v) is 12.4. The van der Waals surface area contributed by atoms with Gasteiger partial charge in [-0.1, -0.05) is 48.2 Å². The van der Waals surface area contributed by atoms with Crippen molar-refractivity contribution in [2.45, 2.75) is 39.8 Å². The van der Waals surface area contributed by atoms with Gasteiger partial charge in [-0.2, -0.15) is 0 Å². The third-order valence-electron chi connectivity index (χ3n) is 5.52. The normalized spacial score (nSPS) is 17.7. The van der Waals surface area contributed by atoms with Crippen molar-refractivity contribution < 1.29 is 23.8 Å². The number of benzene rings is 2. The average Bonchev–Trinajstić information content (AvgIpc) is 2.84. The van der Waals surface area contributed by atoms with Gasteiger partial charge < -0.3 is 14.2 Å². The van der Waals surface area contributed by atoms with Crippen LogP contribution in [0.1, 0.15) is 44.4 Å². The third kappa shape index (κ3) is 4.97. The zero-order valence-corrected chi connectivity index (χ0v) is 20.4. The van der Waals surface area contributed by atoms with Crippen molar-refractivity contribution >= 4 is 28.8 Å². The van der Waals surface area contributed by atoms with E-state index in [-0.39, 0.29) is 12.5 Å². The SMILES string of the molecule is CCOc1ccc(C2C(C(=O)OCc3ccccc3)=C(C)N=C3SCCC(=O)N32)cc1OCC. The van der Waals surface area contributed by atoms with Crippen LogP contribution in [0, 0.1) is 0 Å². The number of hydrogen-bond acceptors (Lipinski definition) is 7. The average molecular weight is 481 g/mol. The van der Waals surface area contributed by atoms with Crippen LogP contribution in [0.3, 0.4) is 0 Å². The van der Waals surface area contributed by atoms with Crippen molar-refractivity contribution in [2.24, 2.45) is 4.99 Å². The van der Waals surface area contributed by atoms with Crippen LogP contribution in [0.5, 0.6) is 11.5 Å². The topological polar surface area (TPSA) is 77.4 Å². The van der Waals surface area contributed by atoms with E-state index in [1.165, 1.54) is 11.8 Å². The van der Waals surface area contributed by atoms with E-state index in [4.69, 9.17) is 14.2 Å². The zero-order chi connectivity index (χ0) is 24.1. The van der Waals surface area contributed by atoms with Crippen molar-refractivity contribution in [2.75, 3.05) is 19.0 Å². The molecule has 0 saturated carbocycles. The molecule has 2 aliphatic rings. The van der Waals surface area contributed by atoms with Gasteiger partial charge in [0, 0.05) is 12.2 Å². The number of ether oxygens (including phenoxy) is 3. The van der Waals surface area contributed by atoms with Gasteiger partial charge >= 0.3 is 5.97 Å². The molecule has 178 valence electrons. The first-order chi connectivity index (χ1) is 16.5. The Balaban J connectivity index is 1.74. The van der Waals surface area contributed by atoms with Crippen LogP contribution in [-0.4, -0.2) is 40.9 Å². The van der Waals surface area contributed by atoms with Gasteiger partial charge in [-0.25, -0.2) is 9.79 Å². The molecule has 2 aliphatic heterocycles. The smallest absolute Gasteiger partial charge is 0.338 e. The molecule has 0 aromatic heterocycles. The Kier molecular flexibility index (Phi) is 7.57. The van der Waals surface area contributed by atoms with Crippen molar-refractivity contribution in [1.29, 1.82) is 0 Å². The molecule has 34 heavy (non-hydrogen) atoms. The molecule has 0 radical (unpaired) electrons. The molecular weight excluding hydrogens is 452 g/mol. The van der Waals surface area contributed by atoms with Gasteiger partial charge in [0.2, 0.25) is 5.91 Å². The second-order valence-electron chi connectivity index (χ2n) is 7.79. The molecule has 0 bridgehead atoms. The fraction of sp³-hybridized carbons (Fsp3) is 0.346. The summed E-state index contributed by atoms with van der Waals surface area (Å²) in [5.74, 6) is 1.28. The van der Waals surface area contributed by atoms with Gasteiger partial charge in [-0.15, -0.1) is 0 Å². The minimum atomic E-state index is -0.661. The maximum Gasteiger partial charge on any atom is 0.338 e. The number of amidine groups is 1. The fourth-order valence-corrected chi connectivity index (χ4v) is 5.02. The van der Waals surface area contributed by atoms with Gasteiger partial charge in [0.15, 0.2) is 16.7 Å². The number of fused-ring (bicyclic) bond motifs is 1. The van der Waals surface area contributed by atoms with E-state index in [1.54, 1.807) is 11.8 Å². The summed E-state index contributed by atoms with van der Waals surface area (Å²) in [7, 11) is 0. The Hall–Kier alpha value is -3.26. The number of carbonyl (C=O) groups excluding carboxylic acids is 2. The molecule has 1 unspecified atom stereocenters. The first kappa shape index (κ1) is 23.9. The molecule has 0 spiro atoms. The van der Waals surface area contributed by atoms with Crippen LogP contribution < -0.4 is 9.47 Å². The highest BCUT2D eigenvalue weighted by molar-refractivity contribution is 8.14. The van der Waals surface area contributed by atoms with E-state index < -0.39 is 12.0 Å². The summed E-state index contributed by atoms with van der Waals surface area (Å²) in [6.45, 7) is 6.68. The lowest BCUT2D eigenvalue weighted by atomic mass is 9.93. The van der Waals surface area contributed by atoms with Crippen LogP contribution in [0.25, 0.3) is 0 Å². The number of rotatable bonds is 8. The van der Waals surface area contributed by atoms with Crippen LogP contribution >= 0.6 is 11.8 Å². The van der Waals surface area contributed by atoms with Crippen molar-refractivity contribution in [3.05, 3.63) is 70.9 Å². The number of nitrogens with zero attached hydrogens (tertiary/aromatic N) is 2. The lowest BCUT2D eigenvalue weighted by Gasteiger charge is -2.39. The van der Waals surface area contributed by atoms with Crippen LogP contribution in [-0.2, 0) is 20.9 Å². The quantitative estimate of drug-likeness (QED) is 0.502. The van der Waals surface area contributed by atoms with E-state index in [1.807, 2.05) is 62.4 Å². The van der Waals surface area contributed by atoms with Gasteiger partial charge in [-0.3, -0.25) is 9.69 Å². The number of thioether (sulfide) groups is 1. The monoisotopic (exact) mass is 480 g/mol. The Bertz CT molecular complexity index is 1130. The Labute approximate surface area is 203 Å². The van der Waals surface area contributed by atoms with E-state index in [0.717, 1.165) is 11.1 Å². The van der Waals surface area contributed by atoms with Crippen LogP contribution in [0.4, 0.5) is 0 Å². The second kappa shape index (κ2) is 10.8. The lowest BCUT2D eigenvalue weighted by Crippen LogP contribution is -2.45. The number of amides is 1. The maximum absolute atomic E-state index is 13.4. The molecule has 8 heteroatoms. The van der Waals surface area contributed by atoms with E-state index in [9.17, 15) is 9.59 Å². The molecule has 2 heterocycles. The summed E-state index contributed by atoms with van der Waals surface area (Å²) in [6, 6.07) is 14.4. The molecule has 7 nitrogen and oxygen atoms in total.